The lowest BCUT2D eigenvalue weighted by Crippen LogP contribution is -1.89. The highest BCUT2D eigenvalue weighted by Crippen LogP contribution is 2.33. The minimum absolute atomic E-state index is 0.740. The molecule has 3 rings (SSSR count). The molecule has 2 aromatic carbocycles. The van der Waals surface area contributed by atoms with Gasteiger partial charge in [0.1, 0.15) is 0 Å². The Bertz CT molecular complexity index is 784. The highest BCUT2D eigenvalue weighted by molar-refractivity contribution is 9.10. The number of aromatic nitrogens is 1. The minimum Gasteiger partial charge on any atom is -0.331 e. The summed E-state index contributed by atoms with van der Waals surface area (Å²) in [6.07, 6.45) is 0.954. The number of thiazole rings is 1. The van der Waals surface area contributed by atoms with Gasteiger partial charge in [-0.2, -0.15) is 0 Å². The van der Waals surface area contributed by atoms with Gasteiger partial charge in [0.25, 0.3) is 0 Å². The molecule has 1 aromatic heterocycles. The van der Waals surface area contributed by atoms with E-state index in [1.807, 2.05) is 48.5 Å². The SMILES string of the molecule is CCc1sc(Nc2cccc(Br)c2)nc1-c1ccc(Cl)cc1. The van der Waals surface area contributed by atoms with Gasteiger partial charge in [-0.25, -0.2) is 4.98 Å². The quantitative estimate of drug-likeness (QED) is 0.545. The number of nitrogens with zero attached hydrogens (tertiary/aromatic N) is 1. The van der Waals surface area contributed by atoms with E-state index in [2.05, 4.69) is 28.2 Å². The minimum atomic E-state index is 0.740. The molecule has 22 heavy (non-hydrogen) atoms. The van der Waals surface area contributed by atoms with Crippen LogP contribution in [0.15, 0.2) is 53.0 Å². The van der Waals surface area contributed by atoms with Gasteiger partial charge in [-0.3, -0.25) is 0 Å². The number of aryl methyl sites for hydroxylation is 1. The van der Waals surface area contributed by atoms with Crippen LogP contribution < -0.4 is 5.32 Å². The summed E-state index contributed by atoms with van der Waals surface area (Å²) in [6.45, 7) is 2.15. The van der Waals surface area contributed by atoms with Crippen LogP contribution >= 0.6 is 38.9 Å². The molecule has 0 radical (unpaired) electrons. The smallest absolute Gasteiger partial charge is 0.187 e. The van der Waals surface area contributed by atoms with Gasteiger partial charge in [0.15, 0.2) is 5.13 Å². The normalized spacial score (nSPS) is 10.7. The number of halogens is 2. The second kappa shape index (κ2) is 6.82. The number of anilines is 2. The molecular weight excluding hydrogens is 380 g/mol. The molecule has 0 amide bonds. The van der Waals surface area contributed by atoms with Crippen LogP contribution in [0, 0.1) is 0 Å². The number of rotatable bonds is 4. The third kappa shape index (κ3) is 3.51. The lowest BCUT2D eigenvalue weighted by molar-refractivity contribution is 1.17. The van der Waals surface area contributed by atoms with E-state index in [4.69, 9.17) is 16.6 Å². The first-order valence-electron chi connectivity index (χ1n) is 6.94. The average Bonchev–Trinajstić information content (AvgIpc) is 2.91. The van der Waals surface area contributed by atoms with Crippen molar-refractivity contribution in [2.75, 3.05) is 5.32 Å². The van der Waals surface area contributed by atoms with Crippen molar-refractivity contribution in [1.29, 1.82) is 0 Å². The fourth-order valence-electron chi connectivity index (χ4n) is 2.17. The molecule has 2 nitrogen and oxygen atoms in total. The first-order chi connectivity index (χ1) is 10.7. The van der Waals surface area contributed by atoms with Gasteiger partial charge in [0.2, 0.25) is 0 Å². The number of hydrogen-bond acceptors (Lipinski definition) is 3. The van der Waals surface area contributed by atoms with E-state index >= 15 is 0 Å². The third-order valence-corrected chi connectivity index (χ3v) is 5.07. The maximum atomic E-state index is 5.97. The number of benzene rings is 2. The van der Waals surface area contributed by atoms with Gasteiger partial charge < -0.3 is 5.32 Å². The standard InChI is InChI=1S/C17H14BrClN2S/c1-2-15-16(11-6-8-13(19)9-7-11)21-17(22-15)20-14-5-3-4-12(18)10-14/h3-10H,2H2,1H3,(H,20,21). The van der Waals surface area contributed by atoms with Crippen molar-refractivity contribution >= 4 is 49.7 Å². The van der Waals surface area contributed by atoms with E-state index in [-0.39, 0.29) is 0 Å². The van der Waals surface area contributed by atoms with Crippen LogP contribution in [0.4, 0.5) is 10.8 Å². The Labute approximate surface area is 147 Å². The van der Waals surface area contributed by atoms with Crippen LogP contribution in [-0.2, 0) is 6.42 Å². The predicted molar refractivity (Wildman–Crippen MR) is 99.4 cm³/mol. The van der Waals surface area contributed by atoms with E-state index < -0.39 is 0 Å². The lowest BCUT2D eigenvalue weighted by atomic mass is 10.1. The Hall–Kier alpha value is -1.36. The van der Waals surface area contributed by atoms with Crippen LogP contribution in [0.2, 0.25) is 5.02 Å². The molecule has 0 fully saturated rings. The summed E-state index contributed by atoms with van der Waals surface area (Å²) in [5.41, 5.74) is 3.15. The zero-order valence-corrected chi connectivity index (χ0v) is 15.1. The largest absolute Gasteiger partial charge is 0.331 e. The predicted octanol–water partition coefficient (Wildman–Crippen LogP) is 6.53. The summed E-state index contributed by atoms with van der Waals surface area (Å²) in [5, 5.41) is 5.02. The van der Waals surface area contributed by atoms with Crippen molar-refractivity contribution in [2.45, 2.75) is 13.3 Å². The first kappa shape index (κ1) is 15.5. The Morgan fingerprint density at radius 1 is 1.18 bits per heavy atom. The van der Waals surface area contributed by atoms with Crippen molar-refractivity contribution in [1.82, 2.24) is 4.98 Å². The van der Waals surface area contributed by atoms with Crippen molar-refractivity contribution in [3.63, 3.8) is 0 Å². The molecule has 0 unspecified atom stereocenters. The Balaban J connectivity index is 1.92. The molecule has 0 spiro atoms. The van der Waals surface area contributed by atoms with Crippen molar-refractivity contribution in [2.24, 2.45) is 0 Å². The van der Waals surface area contributed by atoms with Crippen LogP contribution in [0.5, 0.6) is 0 Å². The van der Waals surface area contributed by atoms with Crippen LogP contribution in [0.25, 0.3) is 11.3 Å². The summed E-state index contributed by atoms with van der Waals surface area (Å²) < 4.78 is 1.04. The molecule has 0 aliphatic heterocycles. The average molecular weight is 394 g/mol. The van der Waals surface area contributed by atoms with Gasteiger partial charge in [-0.1, -0.05) is 52.7 Å². The molecule has 1 heterocycles. The maximum absolute atomic E-state index is 5.97. The summed E-state index contributed by atoms with van der Waals surface area (Å²) in [5.74, 6) is 0. The van der Waals surface area contributed by atoms with Crippen LogP contribution in [0.3, 0.4) is 0 Å². The summed E-state index contributed by atoms with van der Waals surface area (Å²) in [4.78, 5) is 6.02. The van der Waals surface area contributed by atoms with Crippen molar-refractivity contribution < 1.29 is 0 Å². The highest BCUT2D eigenvalue weighted by atomic mass is 79.9. The lowest BCUT2D eigenvalue weighted by Gasteiger charge is -2.02. The van der Waals surface area contributed by atoms with Crippen molar-refractivity contribution in [3.05, 3.63) is 62.9 Å². The maximum Gasteiger partial charge on any atom is 0.187 e. The Morgan fingerprint density at radius 2 is 1.95 bits per heavy atom. The number of hydrogen-bond donors (Lipinski definition) is 1. The second-order valence-corrected chi connectivity index (χ2v) is 7.22. The van der Waals surface area contributed by atoms with Gasteiger partial charge in [0, 0.05) is 25.6 Å². The topological polar surface area (TPSA) is 24.9 Å². The molecule has 0 atom stereocenters. The molecule has 0 bridgehead atoms. The Morgan fingerprint density at radius 3 is 2.64 bits per heavy atom. The molecule has 0 saturated carbocycles. The monoisotopic (exact) mass is 392 g/mol. The molecule has 5 heteroatoms. The molecule has 112 valence electrons. The summed E-state index contributed by atoms with van der Waals surface area (Å²) >= 11 is 11.1. The van der Waals surface area contributed by atoms with E-state index in [9.17, 15) is 0 Å². The third-order valence-electron chi connectivity index (χ3n) is 3.21. The molecule has 1 N–H and O–H groups in total. The van der Waals surface area contributed by atoms with Gasteiger partial charge in [0.05, 0.1) is 5.69 Å². The van der Waals surface area contributed by atoms with Gasteiger partial charge >= 0.3 is 0 Å². The molecule has 0 aliphatic carbocycles. The highest BCUT2D eigenvalue weighted by Gasteiger charge is 2.12. The van der Waals surface area contributed by atoms with Crippen LogP contribution in [0.1, 0.15) is 11.8 Å². The molecule has 3 aromatic rings. The first-order valence-corrected chi connectivity index (χ1v) is 8.92. The van der Waals surface area contributed by atoms with E-state index in [0.717, 1.165) is 38.0 Å². The van der Waals surface area contributed by atoms with Crippen molar-refractivity contribution in [3.8, 4) is 11.3 Å². The fourth-order valence-corrected chi connectivity index (χ4v) is 3.64. The molecule has 0 saturated heterocycles. The van der Waals surface area contributed by atoms with E-state index in [1.54, 1.807) is 11.3 Å². The Kier molecular flexibility index (Phi) is 4.81. The number of nitrogens with one attached hydrogen (secondary N) is 1. The second-order valence-electron chi connectivity index (χ2n) is 4.79. The molecular formula is C17H14BrClN2S. The zero-order chi connectivity index (χ0) is 15.5. The molecule has 0 aliphatic rings. The van der Waals surface area contributed by atoms with Gasteiger partial charge in [-0.15, -0.1) is 11.3 Å². The summed E-state index contributed by atoms with van der Waals surface area (Å²) in [6, 6.07) is 15.9. The fraction of sp³-hybridized carbons (Fsp3) is 0.118. The zero-order valence-electron chi connectivity index (χ0n) is 11.9. The van der Waals surface area contributed by atoms with E-state index in [0.29, 0.717) is 0 Å². The summed E-state index contributed by atoms with van der Waals surface area (Å²) in [7, 11) is 0. The van der Waals surface area contributed by atoms with E-state index in [1.165, 1.54) is 4.88 Å². The van der Waals surface area contributed by atoms with Gasteiger partial charge in [-0.05, 0) is 36.8 Å². The van der Waals surface area contributed by atoms with Crippen LogP contribution in [-0.4, -0.2) is 4.98 Å².